The van der Waals surface area contributed by atoms with Crippen molar-refractivity contribution in [2.45, 2.75) is 38.3 Å². The maximum absolute atomic E-state index is 14.8. The minimum Gasteiger partial charge on any atom is -0.345 e. The van der Waals surface area contributed by atoms with Crippen LogP contribution in [0.15, 0.2) is 47.3 Å². The van der Waals surface area contributed by atoms with E-state index in [2.05, 4.69) is 10.6 Å². The predicted molar refractivity (Wildman–Crippen MR) is 119 cm³/mol. The van der Waals surface area contributed by atoms with Crippen molar-refractivity contribution in [1.29, 1.82) is 0 Å². The Labute approximate surface area is 184 Å². The van der Waals surface area contributed by atoms with Gasteiger partial charge < -0.3 is 15.2 Å². The summed E-state index contributed by atoms with van der Waals surface area (Å²) in [4.78, 5) is 26.9. The van der Waals surface area contributed by atoms with E-state index in [9.17, 15) is 18.4 Å². The second-order valence-corrected chi connectivity index (χ2v) is 8.79. The zero-order chi connectivity index (χ0) is 22.4. The quantitative estimate of drug-likeness (QED) is 0.634. The van der Waals surface area contributed by atoms with Gasteiger partial charge in [0.25, 0.3) is 11.5 Å². The van der Waals surface area contributed by atoms with Gasteiger partial charge in [0.1, 0.15) is 11.6 Å². The molecular weight excluding hydrogens is 412 g/mol. The topological polar surface area (TPSA) is 63.1 Å². The molecule has 1 unspecified atom stereocenters. The van der Waals surface area contributed by atoms with Crippen molar-refractivity contribution in [3.63, 3.8) is 0 Å². The first-order chi connectivity index (χ1) is 15.5. The normalized spacial score (nSPS) is 19.3. The Morgan fingerprint density at radius 1 is 1.16 bits per heavy atom. The lowest BCUT2D eigenvalue weighted by molar-refractivity contribution is 0.0931. The van der Waals surface area contributed by atoms with E-state index in [1.807, 2.05) is 6.07 Å². The lowest BCUT2D eigenvalue weighted by atomic mass is 9.98. The minimum absolute atomic E-state index is 0.0659. The van der Waals surface area contributed by atoms with Gasteiger partial charge in [0.05, 0.1) is 23.0 Å². The highest BCUT2D eigenvalue weighted by Crippen LogP contribution is 2.41. The van der Waals surface area contributed by atoms with Crippen LogP contribution >= 0.6 is 0 Å². The Kier molecular flexibility index (Phi) is 5.29. The zero-order valence-electron chi connectivity index (χ0n) is 17.8. The molecular formula is C25H25F2N3O2. The zero-order valence-corrected chi connectivity index (χ0v) is 17.8. The van der Waals surface area contributed by atoms with Crippen LogP contribution in [0.5, 0.6) is 0 Å². The molecule has 2 aliphatic rings. The maximum Gasteiger partial charge on any atom is 0.261 e. The van der Waals surface area contributed by atoms with Gasteiger partial charge in [0, 0.05) is 17.6 Å². The molecule has 1 saturated heterocycles. The minimum atomic E-state index is -0.634. The number of pyridine rings is 1. The number of halogens is 2. The molecule has 32 heavy (non-hydrogen) atoms. The lowest BCUT2D eigenvalue weighted by Crippen LogP contribution is -2.35. The van der Waals surface area contributed by atoms with Crippen molar-refractivity contribution < 1.29 is 13.6 Å². The summed E-state index contributed by atoms with van der Waals surface area (Å²) in [5, 5.41) is 6.54. The molecule has 5 rings (SSSR count). The number of hydrogen-bond donors (Lipinski definition) is 2. The number of nitrogens with one attached hydrogen (secondary N) is 2. The SMILES string of the molecule is Cc1c(C(=O)N[C@H](c2cccc(F)c2)C2CC2)c2cccc(F)c2c(=O)n1C1CCNC1. The fourth-order valence-corrected chi connectivity index (χ4v) is 4.94. The largest absolute Gasteiger partial charge is 0.345 e. The second kappa shape index (κ2) is 8.13. The number of carbonyl (C=O) groups excluding carboxylic acids is 1. The van der Waals surface area contributed by atoms with Gasteiger partial charge in [-0.2, -0.15) is 0 Å². The third kappa shape index (κ3) is 3.60. The summed E-state index contributed by atoms with van der Waals surface area (Å²) >= 11 is 0. The monoisotopic (exact) mass is 437 g/mol. The molecule has 1 saturated carbocycles. The summed E-state index contributed by atoms with van der Waals surface area (Å²) < 4.78 is 30.2. The Hall–Kier alpha value is -3.06. The van der Waals surface area contributed by atoms with Crippen LogP contribution in [0.4, 0.5) is 8.78 Å². The molecule has 1 amide bonds. The standard InChI is InChI=1S/C25H25F2N3O2/c1-14-21(24(31)29-23(15-8-9-15)16-4-2-5-17(26)12-16)19-6-3-7-20(27)22(19)25(32)30(14)18-10-11-28-13-18/h2-7,12,15,18,23,28H,8-11,13H2,1H3,(H,29,31)/t18?,23-/m0/s1. The van der Waals surface area contributed by atoms with Crippen LogP contribution in [0.3, 0.4) is 0 Å². The molecule has 1 aliphatic carbocycles. The van der Waals surface area contributed by atoms with Crippen LogP contribution in [-0.2, 0) is 0 Å². The van der Waals surface area contributed by atoms with Crippen LogP contribution in [0, 0.1) is 24.5 Å². The van der Waals surface area contributed by atoms with Crippen LogP contribution in [-0.4, -0.2) is 23.6 Å². The number of carbonyl (C=O) groups is 1. The summed E-state index contributed by atoms with van der Waals surface area (Å²) in [6.07, 6.45) is 2.63. The van der Waals surface area contributed by atoms with Crippen molar-refractivity contribution >= 4 is 16.7 Å². The molecule has 2 N–H and O–H groups in total. The second-order valence-electron chi connectivity index (χ2n) is 8.79. The van der Waals surface area contributed by atoms with Crippen LogP contribution in [0.2, 0.25) is 0 Å². The molecule has 0 spiro atoms. The van der Waals surface area contributed by atoms with Gasteiger partial charge in [-0.1, -0.05) is 24.3 Å². The molecule has 0 radical (unpaired) electrons. The number of fused-ring (bicyclic) bond motifs is 1. The highest BCUT2D eigenvalue weighted by Gasteiger charge is 2.35. The molecule has 2 atom stereocenters. The van der Waals surface area contributed by atoms with Gasteiger partial charge in [-0.25, -0.2) is 8.78 Å². The van der Waals surface area contributed by atoms with Crippen molar-refractivity contribution in [1.82, 2.24) is 15.2 Å². The van der Waals surface area contributed by atoms with E-state index in [0.717, 1.165) is 25.8 Å². The first kappa shape index (κ1) is 20.8. The number of amides is 1. The molecule has 166 valence electrons. The molecule has 2 aromatic carbocycles. The summed E-state index contributed by atoms with van der Waals surface area (Å²) in [5.41, 5.74) is 1.12. The van der Waals surface area contributed by atoms with Gasteiger partial charge in [-0.3, -0.25) is 9.59 Å². The van der Waals surface area contributed by atoms with Crippen molar-refractivity contribution in [3.05, 3.63) is 81.3 Å². The van der Waals surface area contributed by atoms with Crippen LogP contribution < -0.4 is 16.2 Å². The summed E-state index contributed by atoms with van der Waals surface area (Å²) in [5.74, 6) is -1.13. The average molecular weight is 437 g/mol. The Morgan fingerprint density at radius 2 is 1.94 bits per heavy atom. The van der Waals surface area contributed by atoms with Gasteiger partial charge in [0.2, 0.25) is 0 Å². The predicted octanol–water partition coefficient (Wildman–Crippen LogP) is 4.00. The van der Waals surface area contributed by atoms with E-state index >= 15 is 0 Å². The molecule has 1 aliphatic heterocycles. The van der Waals surface area contributed by atoms with Crippen molar-refractivity contribution in [3.8, 4) is 0 Å². The highest BCUT2D eigenvalue weighted by atomic mass is 19.1. The summed E-state index contributed by atoms with van der Waals surface area (Å²) in [7, 11) is 0. The van der Waals surface area contributed by atoms with Gasteiger partial charge in [-0.05, 0) is 62.4 Å². The molecule has 2 heterocycles. The number of rotatable bonds is 5. The van der Waals surface area contributed by atoms with E-state index < -0.39 is 11.4 Å². The van der Waals surface area contributed by atoms with E-state index in [4.69, 9.17) is 0 Å². The Bertz CT molecular complexity index is 1260. The van der Waals surface area contributed by atoms with E-state index in [0.29, 0.717) is 28.8 Å². The fraction of sp³-hybridized carbons (Fsp3) is 0.360. The molecule has 1 aromatic heterocycles. The Morgan fingerprint density at radius 3 is 2.62 bits per heavy atom. The smallest absolute Gasteiger partial charge is 0.261 e. The van der Waals surface area contributed by atoms with E-state index in [1.54, 1.807) is 23.6 Å². The number of hydrogen-bond acceptors (Lipinski definition) is 3. The molecule has 2 fully saturated rings. The lowest BCUT2D eigenvalue weighted by Gasteiger charge is -2.24. The van der Waals surface area contributed by atoms with Crippen LogP contribution in [0.25, 0.3) is 10.8 Å². The van der Waals surface area contributed by atoms with Crippen molar-refractivity contribution in [2.24, 2.45) is 5.92 Å². The molecule has 3 aromatic rings. The maximum atomic E-state index is 14.8. The third-order valence-corrected chi connectivity index (χ3v) is 6.65. The van der Waals surface area contributed by atoms with E-state index in [-0.39, 0.29) is 35.1 Å². The third-order valence-electron chi connectivity index (χ3n) is 6.65. The number of aromatic nitrogens is 1. The molecule has 0 bridgehead atoms. The van der Waals surface area contributed by atoms with Crippen LogP contribution in [0.1, 0.15) is 53.0 Å². The summed E-state index contributed by atoms with van der Waals surface area (Å²) in [6, 6.07) is 10.2. The van der Waals surface area contributed by atoms with Gasteiger partial charge in [-0.15, -0.1) is 0 Å². The van der Waals surface area contributed by atoms with Gasteiger partial charge >= 0.3 is 0 Å². The average Bonchev–Trinajstić information content (AvgIpc) is 3.46. The molecule has 5 nitrogen and oxygen atoms in total. The molecule has 7 heteroatoms. The first-order valence-corrected chi connectivity index (χ1v) is 11.1. The van der Waals surface area contributed by atoms with E-state index in [1.165, 1.54) is 24.3 Å². The first-order valence-electron chi connectivity index (χ1n) is 11.1. The number of benzene rings is 2. The summed E-state index contributed by atoms with van der Waals surface area (Å²) in [6.45, 7) is 3.10. The van der Waals surface area contributed by atoms with Gasteiger partial charge in [0.15, 0.2) is 0 Å². The number of nitrogens with zero attached hydrogens (tertiary/aromatic N) is 1. The fourth-order valence-electron chi connectivity index (χ4n) is 4.94. The highest BCUT2D eigenvalue weighted by molar-refractivity contribution is 6.08. The van der Waals surface area contributed by atoms with Crippen molar-refractivity contribution in [2.75, 3.05) is 13.1 Å². The Balaban J connectivity index is 1.63.